The molecule has 3 atom stereocenters. The van der Waals surface area contributed by atoms with E-state index < -0.39 is 11.6 Å². The van der Waals surface area contributed by atoms with Crippen molar-refractivity contribution in [1.29, 1.82) is 0 Å². The van der Waals surface area contributed by atoms with Gasteiger partial charge in [-0.05, 0) is 50.1 Å². The SMILES string of the molecule is CSC1CCCC(NC(C)c2ccc(F)c(F)c2)C1. The van der Waals surface area contributed by atoms with Crippen LogP contribution < -0.4 is 5.32 Å². The third kappa shape index (κ3) is 3.93. The summed E-state index contributed by atoms with van der Waals surface area (Å²) in [7, 11) is 0. The molecule has 1 N–H and O–H groups in total. The zero-order valence-corrected chi connectivity index (χ0v) is 12.3. The third-order valence-electron chi connectivity index (χ3n) is 3.89. The normalized spacial score (nSPS) is 25.3. The van der Waals surface area contributed by atoms with Crippen LogP contribution in [0.3, 0.4) is 0 Å². The predicted octanol–water partition coefficient (Wildman–Crippen LogP) is 4.29. The summed E-state index contributed by atoms with van der Waals surface area (Å²) in [6.07, 6.45) is 7.03. The molecule has 0 heterocycles. The number of nitrogens with one attached hydrogen (secondary N) is 1. The Morgan fingerprint density at radius 1 is 1.26 bits per heavy atom. The van der Waals surface area contributed by atoms with E-state index in [1.54, 1.807) is 6.07 Å². The van der Waals surface area contributed by atoms with Gasteiger partial charge in [0, 0.05) is 17.3 Å². The van der Waals surface area contributed by atoms with Gasteiger partial charge in [0.1, 0.15) is 0 Å². The van der Waals surface area contributed by atoms with Gasteiger partial charge in [-0.3, -0.25) is 0 Å². The fraction of sp³-hybridized carbons (Fsp3) is 0.600. The van der Waals surface area contributed by atoms with Crippen LogP contribution in [0.5, 0.6) is 0 Å². The Kier molecular flexibility index (Phi) is 5.22. The lowest BCUT2D eigenvalue weighted by molar-refractivity contribution is 0.352. The molecule has 2 rings (SSSR count). The highest BCUT2D eigenvalue weighted by atomic mass is 32.2. The van der Waals surface area contributed by atoms with E-state index >= 15 is 0 Å². The van der Waals surface area contributed by atoms with E-state index in [9.17, 15) is 8.78 Å². The first-order chi connectivity index (χ1) is 9.10. The summed E-state index contributed by atoms with van der Waals surface area (Å²) >= 11 is 1.93. The molecule has 0 radical (unpaired) electrons. The minimum absolute atomic E-state index is 0.0562. The molecule has 19 heavy (non-hydrogen) atoms. The highest BCUT2D eigenvalue weighted by Crippen LogP contribution is 2.28. The van der Waals surface area contributed by atoms with Gasteiger partial charge in [0.05, 0.1) is 0 Å². The lowest BCUT2D eigenvalue weighted by Gasteiger charge is -2.31. The van der Waals surface area contributed by atoms with Crippen LogP contribution in [-0.2, 0) is 0 Å². The van der Waals surface area contributed by atoms with E-state index in [1.807, 2.05) is 18.7 Å². The van der Waals surface area contributed by atoms with Crippen LogP contribution in [0, 0.1) is 11.6 Å². The molecule has 1 aliphatic carbocycles. The summed E-state index contributed by atoms with van der Waals surface area (Å²) in [6.45, 7) is 2.01. The molecule has 3 unspecified atom stereocenters. The van der Waals surface area contributed by atoms with Crippen molar-refractivity contribution < 1.29 is 8.78 Å². The molecule has 1 nitrogen and oxygen atoms in total. The summed E-state index contributed by atoms with van der Waals surface area (Å²) < 4.78 is 26.1. The van der Waals surface area contributed by atoms with Crippen LogP contribution in [0.15, 0.2) is 18.2 Å². The zero-order chi connectivity index (χ0) is 13.8. The van der Waals surface area contributed by atoms with Crippen molar-refractivity contribution in [1.82, 2.24) is 5.32 Å². The monoisotopic (exact) mass is 285 g/mol. The summed E-state index contributed by atoms with van der Waals surface area (Å²) in [6, 6.07) is 4.69. The smallest absolute Gasteiger partial charge is 0.159 e. The Bertz CT molecular complexity index is 425. The fourth-order valence-corrected chi connectivity index (χ4v) is 3.57. The molecule has 0 bridgehead atoms. The molecule has 1 fully saturated rings. The molecular formula is C15H21F2NS. The van der Waals surface area contributed by atoms with Gasteiger partial charge >= 0.3 is 0 Å². The van der Waals surface area contributed by atoms with E-state index in [0.717, 1.165) is 17.2 Å². The second kappa shape index (κ2) is 6.71. The predicted molar refractivity (Wildman–Crippen MR) is 77.5 cm³/mol. The Morgan fingerprint density at radius 3 is 2.74 bits per heavy atom. The van der Waals surface area contributed by atoms with Gasteiger partial charge in [0.2, 0.25) is 0 Å². The molecule has 106 valence electrons. The van der Waals surface area contributed by atoms with Crippen molar-refractivity contribution >= 4 is 11.8 Å². The minimum atomic E-state index is -0.781. The third-order valence-corrected chi connectivity index (χ3v) is 4.98. The van der Waals surface area contributed by atoms with Crippen LogP contribution >= 0.6 is 11.8 Å². The maximum absolute atomic E-state index is 13.2. The Labute approximate surface area is 118 Å². The van der Waals surface area contributed by atoms with E-state index in [-0.39, 0.29) is 6.04 Å². The largest absolute Gasteiger partial charge is 0.307 e. The number of rotatable bonds is 4. The second-order valence-electron chi connectivity index (χ2n) is 5.28. The van der Waals surface area contributed by atoms with Gasteiger partial charge < -0.3 is 5.32 Å². The molecular weight excluding hydrogens is 264 g/mol. The van der Waals surface area contributed by atoms with Crippen molar-refractivity contribution in [2.24, 2.45) is 0 Å². The van der Waals surface area contributed by atoms with Crippen molar-refractivity contribution in [2.75, 3.05) is 6.26 Å². The quantitative estimate of drug-likeness (QED) is 0.885. The lowest BCUT2D eigenvalue weighted by Crippen LogP contribution is -2.36. The van der Waals surface area contributed by atoms with Crippen molar-refractivity contribution in [3.63, 3.8) is 0 Å². The van der Waals surface area contributed by atoms with E-state index in [4.69, 9.17) is 0 Å². The first kappa shape index (κ1) is 14.8. The highest BCUT2D eigenvalue weighted by Gasteiger charge is 2.22. The Morgan fingerprint density at radius 2 is 2.05 bits per heavy atom. The van der Waals surface area contributed by atoms with Gasteiger partial charge in [-0.1, -0.05) is 12.5 Å². The van der Waals surface area contributed by atoms with Crippen molar-refractivity contribution in [3.05, 3.63) is 35.4 Å². The van der Waals surface area contributed by atoms with Crippen LogP contribution in [0.25, 0.3) is 0 Å². The van der Waals surface area contributed by atoms with Gasteiger partial charge in [0.15, 0.2) is 11.6 Å². The molecule has 0 saturated heterocycles. The van der Waals surface area contributed by atoms with E-state index in [2.05, 4.69) is 11.6 Å². The zero-order valence-electron chi connectivity index (χ0n) is 11.5. The van der Waals surface area contributed by atoms with E-state index in [1.165, 1.54) is 31.4 Å². The van der Waals surface area contributed by atoms with Gasteiger partial charge in [0.25, 0.3) is 0 Å². The molecule has 1 saturated carbocycles. The fourth-order valence-electron chi connectivity index (χ4n) is 2.74. The van der Waals surface area contributed by atoms with Crippen molar-refractivity contribution in [3.8, 4) is 0 Å². The maximum atomic E-state index is 13.2. The summed E-state index contributed by atoms with van der Waals surface area (Å²) in [5.74, 6) is -1.55. The lowest BCUT2D eigenvalue weighted by atomic mass is 9.93. The van der Waals surface area contributed by atoms with Crippen LogP contribution in [0.4, 0.5) is 8.78 Å². The molecule has 1 aromatic rings. The Balaban J connectivity index is 1.96. The molecule has 0 spiro atoms. The summed E-state index contributed by atoms with van der Waals surface area (Å²) in [4.78, 5) is 0. The average molecular weight is 285 g/mol. The summed E-state index contributed by atoms with van der Waals surface area (Å²) in [5, 5.41) is 4.27. The van der Waals surface area contributed by atoms with Crippen LogP contribution in [0.1, 0.15) is 44.2 Å². The first-order valence-corrected chi connectivity index (χ1v) is 8.12. The number of halogens is 2. The molecule has 0 aliphatic heterocycles. The molecule has 0 aromatic heterocycles. The maximum Gasteiger partial charge on any atom is 0.159 e. The minimum Gasteiger partial charge on any atom is -0.307 e. The summed E-state index contributed by atoms with van der Waals surface area (Å²) in [5.41, 5.74) is 0.810. The molecule has 1 aliphatic rings. The standard InChI is InChI=1S/C15H21F2NS/c1-10(11-6-7-14(16)15(17)8-11)18-12-4-3-5-13(9-12)19-2/h6-8,10,12-13,18H,3-5,9H2,1-2H3. The molecule has 4 heteroatoms. The molecule has 0 amide bonds. The number of hydrogen-bond donors (Lipinski definition) is 1. The first-order valence-electron chi connectivity index (χ1n) is 6.84. The van der Waals surface area contributed by atoms with Crippen LogP contribution in [-0.4, -0.2) is 17.5 Å². The van der Waals surface area contributed by atoms with Gasteiger partial charge in [-0.25, -0.2) is 8.78 Å². The van der Waals surface area contributed by atoms with E-state index in [0.29, 0.717) is 6.04 Å². The number of thioether (sulfide) groups is 1. The highest BCUT2D eigenvalue weighted by molar-refractivity contribution is 7.99. The van der Waals surface area contributed by atoms with Crippen LogP contribution in [0.2, 0.25) is 0 Å². The second-order valence-corrected chi connectivity index (χ2v) is 6.42. The topological polar surface area (TPSA) is 12.0 Å². The van der Waals surface area contributed by atoms with Gasteiger partial charge in [-0.15, -0.1) is 0 Å². The van der Waals surface area contributed by atoms with Crippen molar-refractivity contribution in [2.45, 2.75) is 49.9 Å². The number of hydrogen-bond acceptors (Lipinski definition) is 2. The number of benzene rings is 1. The van der Waals surface area contributed by atoms with Gasteiger partial charge in [-0.2, -0.15) is 11.8 Å². The molecule has 1 aromatic carbocycles. The Hall–Kier alpha value is -0.610. The average Bonchev–Trinajstić information content (AvgIpc) is 2.42.